The van der Waals surface area contributed by atoms with Crippen LogP contribution in [0.2, 0.25) is 0 Å². The molecule has 0 bridgehead atoms. The summed E-state index contributed by atoms with van der Waals surface area (Å²) in [5.74, 6) is -0.420. The van der Waals surface area contributed by atoms with Crippen LogP contribution in [0.5, 0.6) is 0 Å². The zero-order valence-electron chi connectivity index (χ0n) is 16.5. The van der Waals surface area contributed by atoms with E-state index < -0.39 is 0 Å². The van der Waals surface area contributed by atoms with Crippen molar-refractivity contribution in [2.75, 3.05) is 13.2 Å². The second-order valence-electron chi connectivity index (χ2n) is 9.90. The van der Waals surface area contributed by atoms with Crippen LogP contribution in [-0.2, 0) is 19.1 Å². The summed E-state index contributed by atoms with van der Waals surface area (Å²) >= 11 is 0. The monoisotopic (exact) mass is 328 g/mol. The third-order valence-electron chi connectivity index (χ3n) is 3.47. The highest BCUT2D eigenvalue weighted by molar-refractivity contribution is 5.70. The average molecular weight is 328 g/mol. The number of rotatable bonds is 6. The lowest BCUT2D eigenvalue weighted by Crippen LogP contribution is -2.32. The summed E-state index contributed by atoms with van der Waals surface area (Å²) < 4.78 is 10.8. The van der Waals surface area contributed by atoms with E-state index in [0.717, 1.165) is 0 Å². The first-order valence-corrected chi connectivity index (χ1v) is 8.41. The number of hydrogen-bond donors (Lipinski definition) is 0. The Morgan fingerprint density at radius 2 is 1.00 bits per heavy atom. The lowest BCUT2D eigenvalue weighted by Gasteiger charge is -2.30. The summed E-state index contributed by atoms with van der Waals surface area (Å²) in [4.78, 5) is 23.8. The van der Waals surface area contributed by atoms with Crippen molar-refractivity contribution in [2.24, 2.45) is 22.2 Å². The van der Waals surface area contributed by atoms with E-state index >= 15 is 0 Å². The molecule has 0 heterocycles. The van der Waals surface area contributed by atoms with Gasteiger partial charge in [0.15, 0.2) is 0 Å². The van der Waals surface area contributed by atoms with E-state index in [1.165, 1.54) is 0 Å². The van der Waals surface area contributed by atoms with Crippen LogP contribution in [0.4, 0.5) is 0 Å². The molecule has 0 aliphatic heterocycles. The van der Waals surface area contributed by atoms with Crippen LogP contribution in [0.3, 0.4) is 0 Å². The van der Waals surface area contributed by atoms with Crippen LogP contribution in [-0.4, -0.2) is 25.2 Å². The minimum Gasteiger partial charge on any atom is -0.465 e. The second-order valence-corrected chi connectivity index (χ2v) is 9.90. The maximum Gasteiger partial charge on any atom is 0.306 e. The zero-order chi connectivity index (χ0) is 18.5. The third kappa shape index (κ3) is 12.1. The van der Waals surface area contributed by atoms with E-state index in [4.69, 9.17) is 9.47 Å². The fraction of sp³-hybridized carbons (Fsp3) is 0.895. The minimum atomic E-state index is -0.201. The summed E-state index contributed by atoms with van der Waals surface area (Å²) in [5, 5.41) is 0. The normalized spacial score (nSPS) is 13.1. The second kappa shape index (κ2) is 8.16. The van der Waals surface area contributed by atoms with Crippen LogP contribution < -0.4 is 0 Å². The van der Waals surface area contributed by atoms with Crippen molar-refractivity contribution >= 4 is 11.9 Å². The molecule has 0 N–H and O–H groups in total. The maximum absolute atomic E-state index is 11.9. The van der Waals surface area contributed by atoms with Gasteiger partial charge in [0.05, 0.1) is 26.1 Å². The van der Waals surface area contributed by atoms with Gasteiger partial charge >= 0.3 is 11.9 Å². The van der Waals surface area contributed by atoms with Crippen LogP contribution in [0.1, 0.15) is 75.2 Å². The first-order chi connectivity index (χ1) is 10.1. The molecule has 0 amide bonds. The Morgan fingerprint density at radius 1 is 0.696 bits per heavy atom. The molecule has 23 heavy (non-hydrogen) atoms. The molecule has 0 atom stereocenters. The van der Waals surface area contributed by atoms with Gasteiger partial charge in [0, 0.05) is 5.92 Å². The Labute approximate surface area is 142 Å². The lowest BCUT2D eigenvalue weighted by molar-refractivity contribution is -0.153. The number of ether oxygens (including phenoxy) is 2. The van der Waals surface area contributed by atoms with Gasteiger partial charge in [0.2, 0.25) is 0 Å². The van der Waals surface area contributed by atoms with Crippen LogP contribution in [0.25, 0.3) is 0 Å². The van der Waals surface area contributed by atoms with Crippen molar-refractivity contribution < 1.29 is 19.1 Å². The van der Waals surface area contributed by atoms with Gasteiger partial charge in [-0.05, 0) is 16.2 Å². The largest absolute Gasteiger partial charge is 0.465 e. The number of carbonyl (C=O) groups excluding carboxylic acids is 2. The Balaban J connectivity index is 4.51. The lowest BCUT2D eigenvalue weighted by atomic mass is 9.81. The molecular formula is C19H36O4. The van der Waals surface area contributed by atoms with Crippen molar-refractivity contribution in [1.29, 1.82) is 0 Å². The van der Waals surface area contributed by atoms with Crippen LogP contribution in [0.15, 0.2) is 0 Å². The topological polar surface area (TPSA) is 52.6 Å². The van der Waals surface area contributed by atoms with Crippen molar-refractivity contribution in [1.82, 2.24) is 0 Å². The predicted octanol–water partition coefficient (Wildman–Crippen LogP) is 4.61. The fourth-order valence-corrected chi connectivity index (χ4v) is 1.90. The third-order valence-corrected chi connectivity index (χ3v) is 3.47. The number of hydrogen-bond acceptors (Lipinski definition) is 4. The molecule has 0 radical (unpaired) electrons. The molecule has 0 unspecified atom stereocenters. The van der Waals surface area contributed by atoms with Crippen molar-refractivity contribution in [3.05, 3.63) is 0 Å². The molecule has 0 rings (SSSR count). The number of carbonyl (C=O) groups is 2. The molecule has 136 valence electrons. The Hall–Kier alpha value is -1.06. The molecule has 0 aromatic heterocycles. The Kier molecular flexibility index (Phi) is 7.79. The standard InChI is InChI=1S/C19H36O4/c1-17(2,3)10-15(20)22-12-14(19(7,8)9)13-23-16(21)11-18(4,5)6/h14H,10-13H2,1-9H3. The summed E-state index contributed by atoms with van der Waals surface area (Å²) in [6.45, 7) is 18.8. The van der Waals surface area contributed by atoms with E-state index in [-0.39, 0.29) is 47.3 Å². The summed E-state index contributed by atoms with van der Waals surface area (Å²) in [7, 11) is 0. The molecule has 4 heteroatoms. The quantitative estimate of drug-likeness (QED) is 0.668. The first kappa shape index (κ1) is 21.9. The van der Waals surface area contributed by atoms with E-state index in [0.29, 0.717) is 12.8 Å². The van der Waals surface area contributed by atoms with Gasteiger partial charge in [-0.1, -0.05) is 62.3 Å². The van der Waals surface area contributed by atoms with Crippen molar-refractivity contribution in [3.8, 4) is 0 Å². The summed E-state index contributed by atoms with van der Waals surface area (Å²) in [6, 6.07) is 0. The van der Waals surface area contributed by atoms with E-state index in [2.05, 4.69) is 20.8 Å². The molecule has 0 spiro atoms. The Morgan fingerprint density at radius 3 is 1.22 bits per heavy atom. The van der Waals surface area contributed by atoms with Gasteiger partial charge in [0.1, 0.15) is 0 Å². The molecule has 4 nitrogen and oxygen atoms in total. The molecule has 0 saturated carbocycles. The predicted molar refractivity (Wildman–Crippen MR) is 93.0 cm³/mol. The maximum atomic E-state index is 11.9. The van der Waals surface area contributed by atoms with Gasteiger partial charge in [-0.15, -0.1) is 0 Å². The van der Waals surface area contributed by atoms with E-state index in [1.54, 1.807) is 0 Å². The minimum absolute atomic E-state index is 0.0182. The molecular weight excluding hydrogens is 292 g/mol. The molecule has 0 fully saturated rings. The summed E-state index contributed by atoms with van der Waals surface area (Å²) in [6.07, 6.45) is 0.765. The molecule has 0 saturated heterocycles. The average Bonchev–Trinajstić information content (AvgIpc) is 2.21. The SMILES string of the molecule is CC(C)(C)CC(=O)OCC(COC(=O)CC(C)(C)C)C(C)(C)C. The van der Waals surface area contributed by atoms with Gasteiger partial charge in [0.25, 0.3) is 0 Å². The first-order valence-electron chi connectivity index (χ1n) is 8.41. The fourth-order valence-electron chi connectivity index (χ4n) is 1.90. The smallest absolute Gasteiger partial charge is 0.306 e. The van der Waals surface area contributed by atoms with Crippen molar-refractivity contribution in [2.45, 2.75) is 75.2 Å². The highest BCUT2D eigenvalue weighted by Crippen LogP contribution is 2.28. The van der Waals surface area contributed by atoms with Gasteiger partial charge in [-0.3, -0.25) is 9.59 Å². The highest BCUT2D eigenvalue weighted by atomic mass is 16.5. The molecule has 0 aliphatic carbocycles. The molecule has 0 aliphatic rings. The molecule has 0 aromatic rings. The van der Waals surface area contributed by atoms with Crippen LogP contribution in [0, 0.1) is 22.2 Å². The number of esters is 2. The van der Waals surface area contributed by atoms with Crippen molar-refractivity contribution in [3.63, 3.8) is 0 Å². The summed E-state index contributed by atoms with van der Waals surface area (Å²) in [5.41, 5.74) is -0.287. The molecule has 0 aromatic carbocycles. The van der Waals surface area contributed by atoms with Gasteiger partial charge in [-0.25, -0.2) is 0 Å². The van der Waals surface area contributed by atoms with Crippen LogP contribution >= 0.6 is 0 Å². The zero-order valence-corrected chi connectivity index (χ0v) is 16.5. The van der Waals surface area contributed by atoms with E-state index in [9.17, 15) is 9.59 Å². The highest BCUT2D eigenvalue weighted by Gasteiger charge is 2.29. The van der Waals surface area contributed by atoms with E-state index in [1.807, 2.05) is 41.5 Å². The Bertz CT molecular complexity index is 359. The van der Waals surface area contributed by atoms with Gasteiger partial charge < -0.3 is 9.47 Å². The van der Waals surface area contributed by atoms with Gasteiger partial charge in [-0.2, -0.15) is 0 Å².